The van der Waals surface area contributed by atoms with Crippen LogP contribution in [0.4, 0.5) is 16.5 Å². The zero-order valence-electron chi connectivity index (χ0n) is 18.1. The second kappa shape index (κ2) is 9.09. The lowest BCUT2D eigenvalue weighted by atomic mass is 9.95. The molecule has 8 nitrogen and oxygen atoms in total. The molecule has 0 saturated heterocycles. The molecule has 0 aliphatic carbocycles. The van der Waals surface area contributed by atoms with Gasteiger partial charge in [-0.1, -0.05) is 39.0 Å². The molecule has 3 N–H and O–H groups in total. The highest BCUT2D eigenvalue weighted by atomic mass is 32.2. The first-order valence-electron chi connectivity index (χ1n) is 9.67. The van der Waals surface area contributed by atoms with Gasteiger partial charge in [-0.05, 0) is 30.3 Å². The van der Waals surface area contributed by atoms with Crippen molar-refractivity contribution in [3.63, 3.8) is 0 Å². The van der Waals surface area contributed by atoms with Crippen molar-refractivity contribution < 1.29 is 18.0 Å². The van der Waals surface area contributed by atoms with Crippen LogP contribution in [0.2, 0.25) is 0 Å². The van der Waals surface area contributed by atoms with Gasteiger partial charge in [-0.2, -0.15) is 0 Å². The van der Waals surface area contributed by atoms with Crippen molar-refractivity contribution in [3.8, 4) is 11.3 Å². The highest BCUT2D eigenvalue weighted by Crippen LogP contribution is 2.27. The number of amides is 2. The van der Waals surface area contributed by atoms with Gasteiger partial charge in [-0.3, -0.25) is 19.6 Å². The first-order chi connectivity index (χ1) is 14.9. The first kappa shape index (κ1) is 23.4. The van der Waals surface area contributed by atoms with E-state index in [0.29, 0.717) is 27.8 Å². The molecule has 1 aromatic heterocycles. The van der Waals surface area contributed by atoms with Gasteiger partial charge in [0.1, 0.15) is 0 Å². The van der Waals surface area contributed by atoms with E-state index in [1.165, 1.54) is 11.3 Å². The van der Waals surface area contributed by atoms with Crippen molar-refractivity contribution in [2.45, 2.75) is 20.8 Å². The van der Waals surface area contributed by atoms with E-state index in [-0.39, 0.29) is 11.8 Å². The Bertz CT molecular complexity index is 1240. The number of carbonyl (C=O) groups is 2. The number of nitrogens with zero attached hydrogens (tertiary/aromatic N) is 1. The number of sulfonamides is 1. The van der Waals surface area contributed by atoms with E-state index < -0.39 is 15.4 Å². The van der Waals surface area contributed by atoms with Crippen LogP contribution in [0, 0.1) is 5.41 Å². The highest BCUT2D eigenvalue weighted by molar-refractivity contribution is 7.92. The summed E-state index contributed by atoms with van der Waals surface area (Å²) in [6.07, 6.45) is 1.09. The number of anilines is 3. The van der Waals surface area contributed by atoms with E-state index >= 15 is 0 Å². The minimum absolute atomic E-state index is 0.141. The Morgan fingerprint density at radius 3 is 2.28 bits per heavy atom. The van der Waals surface area contributed by atoms with Gasteiger partial charge >= 0.3 is 0 Å². The maximum atomic E-state index is 12.6. The molecule has 0 bridgehead atoms. The normalized spacial score (nSPS) is 11.6. The van der Waals surface area contributed by atoms with E-state index in [9.17, 15) is 18.0 Å². The van der Waals surface area contributed by atoms with Crippen molar-refractivity contribution in [3.05, 3.63) is 59.5 Å². The summed E-state index contributed by atoms with van der Waals surface area (Å²) in [6, 6.07) is 13.5. The number of aromatic nitrogens is 1. The Labute approximate surface area is 191 Å². The molecular weight excluding hydrogens is 448 g/mol. The van der Waals surface area contributed by atoms with E-state index in [1.54, 1.807) is 53.9 Å². The quantitative estimate of drug-likeness (QED) is 0.491. The number of benzene rings is 2. The monoisotopic (exact) mass is 472 g/mol. The lowest BCUT2D eigenvalue weighted by molar-refractivity contribution is -0.123. The highest BCUT2D eigenvalue weighted by Gasteiger charge is 2.21. The SMILES string of the molecule is CC(C)(C)C(=O)Nc1cccc(C(=O)Nc2nc(-c3ccc(NS(C)(=O)=O)cc3)cs2)c1. The fourth-order valence-corrected chi connectivity index (χ4v) is 3.89. The number of hydrogen-bond donors (Lipinski definition) is 3. The van der Waals surface area contributed by atoms with Crippen LogP contribution in [-0.4, -0.2) is 31.5 Å². The number of thiazole rings is 1. The van der Waals surface area contributed by atoms with Crippen LogP contribution in [0.5, 0.6) is 0 Å². The summed E-state index contributed by atoms with van der Waals surface area (Å²) < 4.78 is 25.0. The predicted molar refractivity (Wildman–Crippen MR) is 128 cm³/mol. The van der Waals surface area contributed by atoms with Crippen LogP contribution in [-0.2, 0) is 14.8 Å². The lowest BCUT2D eigenvalue weighted by Gasteiger charge is -2.17. The molecule has 1 heterocycles. The van der Waals surface area contributed by atoms with Gasteiger partial charge in [0.25, 0.3) is 5.91 Å². The van der Waals surface area contributed by atoms with Crippen LogP contribution in [0.25, 0.3) is 11.3 Å². The van der Waals surface area contributed by atoms with Gasteiger partial charge < -0.3 is 5.32 Å². The largest absolute Gasteiger partial charge is 0.326 e. The molecule has 0 aliphatic heterocycles. The third-order valence-corrected chi connectivity index (χ3v) is 5.64. The summed E-state index contributed by atoms with van der Waals surface area (Å²) in [5.74, 6) is -0.483. The zero-order chi connectivity index (χ0) is 23.5. The fourth-order valence-electron chi connectivity index (χ4n) is 2.61. The molecule has 0 radical (unpaired) electrons. The molecule has 3 aromatic rings. The van der Waals surface area contributed by atoms with Crippen LogP contribution < -0.4 is 15.4 Å². The molecule has 0 fully saturated rings. The molecule has 0 spiro atoms. The minimum atomic E-state index is -3.34. The summed E-state index contributed by atoms with van der Waals surface area (Å²) in [6.45, 7) is 5.44. The van der Waals surface area contributed by atoms with Crippen molar-refractivity contribution in [1.29, 1.82) is 0 Å². The third kappa shape index (κ3) is 6.38. The van der Waals surface area contributed by atoms with Crippen LogP contribution in [0.3, 0.4) is 0 Å². The molecule has 2 amide bonds. The van der Waals surface area contributed by atoms with Crippen LogP contribution in [0.1, 0.15) is 31.1 Å². The second-order valence-corrected chi connectivity index (χ2v) is 10.8. The van der Waals surface area contributed by atoms with E-state index in [2.05, 4.69) is 20.3 Å². The van der Waals surface area contributed by atoms with E-state index in [0.717, 1.165) is 11.8 Å². The average Bonchev–Trinajstić information content (AvgIpc) is 3.15. The lowest BCUT2D eigenvalue weighted by Crippen LogP contribution is -2.27. The third-order valence-electron chi connectivity index (χ3n) is 4.27. The summed E-state index contributed by atoms with van der Waals surface area (Å²) in [5, 5.41) is 7.80. The Kier molecular flexibility index (Phi) is 6.65. The van der Waals surface area contributed by atoms with Crippen molar-refractivity contribution in [2.75, 3.05) is 21.6 Å². The summed E-state index contributed by atoms with van der Waals surface area (Å²) in [5.41, 5.74) is 2.28. The fraction of sp³-hybridized carbons (Fsp3) is 0.227. The summed E-state index contributed by atoms with van der Waals surface area (Å²) >= 11 is 1.28. The number of rotatable bonds is 6. The van der Waals surface area contributed by atoms with Crippen molar-refractivity contribution in [2.24, 2.45) is 5.41 Å². The second-order valence-electron chi connectivity index (χ2n) is 8.23. The summed E-state index contributed by atoms with van der Waals surface area (Å²) in [7, 11) is -3.34. The number of nitrogens with one attached hydrogen (secondary N) is 3. The summed E-state index contributed by atoms with van der Waals surface area (Å²) in [4.78, 5) is 29.3. The Hall–Kier alpha value is -3.24. The minimum Gasteiger partial charge on any atom is -0.326 e. The average molecular weight is 473 g/mol. The maximum absolute atomic E-state index is 12.6. The first-order valence-corrected chi connectivity index (χ1v) is 12.4. The molecule has 168 valence electrons. The number of carbonyl (C=O) groups excluding carboxylic acids is 2. The van der Waals surface area contributed by atoms with E-state index in [4.69, 9.17) is 0 Å². The van der Waals surface area contributed by atoms with E-state index in [1.807, 2.05) is 20.8 Å². The molecule has 10 heteroatoms. The maximum Gasteiger partial charge on any atom is 0.257 e. The molecule has 0 aliphatic rings. The topological polar surface area (TPSA) is 117 Å². The molecule has 32 heavy (non-hydrogen) atoms. The number of hydrogen-bond acceptors (Lipinski definition) is 6. The molecular formula is C22H24N4O4S2. The Morgan fingerprint density at radius 2 is 1.66 bits per heavy atom. The van der Waals surface area contributed by atoms with Crippen LogP contribution in [0.15, 0.2) is 53.9 Å². The molecule has 0 saturated carbocycles. The van der Waals surface area contributed by atoms with Crippen molar-refractivity contribution in [1.82, 2.24) is 4.98 Å². The molecule has 0 unspecified atom stereocenters. The molecule has 0 atom stereocenters. The van der Waals surface area contributed by atoms with Crippen LogP contribution >= 0.6 is 11.3 Å². The van der Waals surface area contributed by atoms with Gasteiger partial charge in [-0.25, -0.2) is 13.4 Å². The van der Waals surface area contributed by atoms with Gasteiger partial charge in [0.15, 0.2) is 5.13 Å². The van der Waals surface area contributed by atoms with Gasteiger partial charge in [0, 0.05) is 33.3 Å². The Balaban J connectivity index is 1.68. The standard InChI is InChI=1S/C22H24N4O4S2/c1-22(2,3)20(28)23-17-7-5-6-15(12-17)19(27)25-21-24-18(13-31-21)14-8-10-16(11-9-14)26-32(4,29)30/h5-13,26H,1-4H3,(H,23,28)(H,24,25,27). The van der Waals surface area contributed by atoms with Gasteiger partial charge in [0.2, 0.25) is 15.9 Å². The predicted octanol–water partition coefficient (Wildman–Crippen LogP) is 4.42. The van der Waals surface area contributed by atoms with Crippen molar-refractivity contribution >= 4 is 49.7 Å². The zero-order valence-corrected chi connectivity index (χ0v) is 19.7. The molecule has 2 aromatic carbocycles. The molecule has 3 rings (SSSR count). The van der Waals surface area contributed by atoms with Gasteiger partial charge in [-0.15, -0.1) is 11.3 Å². The van der Waals surface area contributed by atoms with Gasteiger partial charge in [0.05, 0.1) is 11.9 Å². The Morgan fingerprint density at radius 1 is 0.969 bits per heavy atom. The smallest absolute Gasteiger partial charge is 0.257 e.